The van der Waals surface area contributed by atoms with Crippen molar-refractivity contribution in [3.05, 3.63) is 40.8 Å². The maximum Gasteiger partial charge on any atom is 0.309 e. The van der Waals surface area contributed by atoms with Gasteiger partial charge in [0, 0.05) is 30.3 Å². The first kappa shape index (κ1) is 21.9. The van der Waals surface area contributed by atoms with Gasteiger partial charge in [0.2, 0.25) is 5.91 Å². The molecule has 1 aromatic rings. The van der Waals surface area contributed by atoms with Crippen LogP contribution < -0.4 is 5.32 Å². The molecule has 1 N–H and O–H groups in total. The number of nitrogens with zero attached hydrogens (tertiary/aromatic N) is 1. The van der Waals surface area contributed by atoms with E-state index in [-0.39, 0.29) is 35.7 Å². The van der Waals surface area contributed by atoms with Crippen molar-refractivity contribution >= 4 is 35.6 Å². The highest BCUT2D eigenvalue weighted by Gasteiger charge is 2.41. The molecule has 1 aromatic carbocycles. The topological polar surface area (TPSA) is 75.7 Å². The number of thioether (sulfide) groups is 1. The molecule has 2 amide bonds. The maximum atomic E-state index is 13.1. The number of esters is 1. The van der Waals surface area contributed by atoms with Crippen molar-refractivity contribution in [1.82, 2.24) is 10.2 Å². The highest BCUT2D eigenvalue weighted by atomic mass is 32.2. The van der Waals surface area contributed by atoms with Gasteiger partial charge in [0.05, 0.1) is 17.4 Å². The van der Waals surface area contributed by atoms with Gasteiger partial charge in [-0.25, -0.2) is 0 Å². The van der Waals surface area contributed by atoms with Crippen LogP contribution in [0.15, 0.2) is 35.2 Å². The smallest absolute Gasteiger partial charge is 0.309 e. The number of hydrogen-bond donors (Lipinski definition) is 1. The molecule has 1 aliphatic carbocycles. The molecule has 1 saturated carbocycles. The summed E-state index contributed by atoms with van der Waals surface area (Å²) in [6.07, 6.45) is 5.74. The Bertz CT molecular complexity index is 848. The lowest BCUT2D eigenvalue weighted by Gasteiger charge is -2.41. The zero-order valence-corrected chi connectivity index (χ0v) is 18.7. The summed E-state index contributed by atoms with van der Waals surface area (Å²) in [6.45, 7) is 3.43. The van der Waals surface area contributed by atoms with Gasteiger partial charge in [-0.05, 0) is 50.7 Å². The first-order valence-corrected chi connectivity index (χ1v) is 12.1. The largest absolute Gasteiger partial charge is 0.466 e. The molecule has 3 aliphatic rings. The van der Waals surface area contributed by atoms with Crippen LogP contribution in [0.2, 0.25) is 0 Å². The second-order valence-corrected chi connectivity index (χ2v) is 9.80. The van der Waals surface area contributed by atoms with Gasteiger partial charge >= 0.3 is 5.97 Å². The van der Waals surface area contributed by atoms with Crippen LogP contribution in [0.4, 0.5) is 0 Å². The van der Waals surface area contributed by atoms with Crippen molar-refractivity contribution in [3.63, 3.8) is 0 Å². The Morgan fingerprint density at radius 3 is 2.58 bits per heavy atom. The summed E-state index contributed by atoms with van der Waals surface area (Å²) >= 11 is 1.65. The molecule has 4 rings (SSSR count). The van der Waals surface area contributed by atoms with Crippen molar-refractivity contribution < 1.29 is 19.1 Å². The molecule has 0 spiro atoms. The van der Waals surface area contributed by atoms with Crippen LogP contribution in [0.3, 0.4) is 0 Å². The second-order valence-electron chi connectivity index (χ2n) is 8.52. The van der Waals surface area contributed by atoms with E-state index in [0.29, 0.717) is 44.2 Å². The van der Waals surface area contributed by atoms with Crippen molar-refractivity contribution in [2.45, 2.75) is 50.3 Å². The SMILES string of the molecule is CCOC(=O)C1CCN(C(=O)C2CCC3S/C(=C\c4ccccc4)C(=O)NC3C2)CC1. The number of likely N-dealkylation sites (tertiary alicyclic amines) is 1. The van der Waals surface area contributed by atoms with Crippen molar-refractivity contribution in [2.24, 2.45) is 11.8 Å². The normalized spacial score (nSPS) is 28.0. The average molecular weight is 443 g/mol. The Balaban J connectivity index is 1.32. The van der Waals surface area contributed by atoms with E-state index in [1.54, 1.807) is 11.8 Å². The molecule has 3 fully saturated rings. The molecule has 2 saturated heterocycles. The van der Waals surface area contributed by atoms with Gasteiger partial charge in [0.1, 0.15) is 0 Å². The van der Waals surface area contributed by atoms with Crippen molar-refractivity contribution in [1.29, 1.82) is 0 Å². The monoisotopic (exact) mass is 442 g/mol. The van der Waals surface area contributed by atoms with Crippen LogP contribution >= 0.6 is 11.8 Å². The van der Waals surface area contributed by atoms with E-state index in [0.717, 1.165) is 23.3 Å². The summed E-state index contributed by atoms with van der Waals surface area (Å²) in [5.74, 6) is -0.162. The number of rotatable bonds is 4. The lowest BCUT2D eigenvalue weighted by Crippen LogP contribution is -2.52. The van der Waals surface area contributed by atoms with Gasteiger partial charge in [-0.1, -0.05) is 30.3 Å². The highest BCUT2D eigenvalue weighted by molar-refractivity contribution is 8.04. The number of benzene rings is 1. The number of fused-ring (bicyclic) bond motifs is 1. The number of nitrogens with one attached hydrogen (secondary N) is 1. The number of carbonyl (C=O) groups is 3. The molecule has 6 nitrogen and oxygen atoms in total. The van der Waals surface area contributed by atoms with Gasteiger partial charge in [-0.2, -0.15) is 0 Å². The predicted octanol–water partition coefficient (Wildman–Crippen LogP) is 3.23. The van der Waals surface area contributed by atoms with Crippen LogP contribution in [0, 0.1) is 11.8 Å². The van der Waals surface area contributed by atoms with Crippen molar-refractivity contribution in [3.8, 4) is 0 Å². The van der Waals surface area contributed by atoms with Gasteiger partial charge in [-0.15, -0.1) is 11.8 Å². The third kappa shape index (κ3) is 5.14. The zero-order valence-electron chi connectivity index (χ0n) is 17.9. The molecule has 3 unspecified atom stereocenters. The number of carbonyl (C=O) groups excluding carboxylic acids is 3. The molecule has 3 atom stereocenters. The standard InChI is InChI=1S/C24H30N2O4S/c1-2-30-24(29)17-10-12-26(13-11-17)23(28)18-8-9-20-19(15-18)25-22(27)21(31-20)14-16-6-4-3-5-7-16/h3-7,14,17-20H,2,8-13,15H2,1H3,(H,25,27)/b21-14-. The molecular weight excluding hydrogens is 412 g/mol. The molecule has 0 aromatic heterocycles. The van der Waals surface area contributed by atoms with Gasteiger partial charge in [0.25, 0.3) is 5.91 Å². The fraction of sp³-hybridized carbons (Fsp3) is 0.542. The predicted molar refractivity (Wildman–Crippen MR) is 121 cm³/mol. The van der Waals surface area contributed by atoms with Crippen LogP contribution in [0.5, 0.6) is 0 Å². The lowest BCUT2D eigenvalue weighted by molar-refractivity contribution is -0.152. The number of piperidine rings is 1. The van der Waals surface area contributed by atoms with Gasteiger partial charge < -0.3 is 15.0 Å². The fourth-order valence-corrected chi connectivity index (χ4v) is 6.06. The Morgan fingerprint density at radius 2 is 1.87 bits per heavy atom. The summed E-state index contributed by atoms with van der Waals surface area (Å²) in [7, 11) is 0. The minimum absolute atomic E-state index is 0.0326. The molecule has 2 heterocycles. The minimum Gasteiger partial charge on any atom is -0.466 e. The number of amides is 2. The molecule has 0 bridgehead atoms. The number of hydrogen-bond acceptors (Lipinski definition) is 5. The molecular formula is C24H30N2O4S. The van der Waals surface area contributed by atoms with E-state index in [4.69, 9.17) is 4.74 Å². The third-order valence-electron chi connectivity index (χ3n) is 6.48. The second kappa shape index (κ2) is 9.90. The van der Waals surface area contributed by atoms with Crippen LogP contribution in [0.1, 0.15) is 44.6 Å². The molecule has 166 valence electrons. The quantitative estimate of drug-likeness (QED) is 0.572. The average Bonchev–Trinajstić information content (AvgIpc) is 2.80. The highest BCUT2D eigenvalue weighted by Crippen LogP contribution is 2.40. The lowest BCUT2D eigenvalue weighted by atomic mass is 9.83. The first-order chi connectivity index (χ1) is 15.0. The Hall–Kier alpha value is -2.28. The summed E-state index contributed by atoms with van der Waals surface area (Å²) in [4.78, 5) is 40.3. The third-order valence-corrected chi connectivity index (χ3v) is 7.90. The summed E-state index contributed by atoms with van der Waals surface area (Å²) in [5.41, 5.74) is 1.02. The van der Waals surface area contributed by atoms with Crippen LogP contribution in [-0.2, 0) is 19.1 Å². The number of ether oxygens (including phenoxy) is 1. The molecule has 0 radical (unpaired) electrons. The Kier molecular flexibility index (Phi) is 7.00. The minimum atomic E-state index is -0.142. The first-order valence-electron chi connectivity index (χ1n) is 11.2. The van der Waals surface area contributed by atoms with Crippen molar-refractivity contribution in [2.75, 3.05) is 19.7 Å². The summed E-state index contributed by atoms with van der Waals surface area (Å²) < 4.78 is 5.12. The zero-order chi connectivity index (χ0) is 21.8. The van der Waals surface area contributed by atoms with E-state index < -0.39 is 0 Å². The van der Waals surface area contributed by atoms with E-state index in [9.17, 15) is 14.4 Å². The summed E-state index contributed by atoms with van der Waals surface area (Å²) in [5, 5.41) is 3.46. The van der Waals surface area contributed by atoms with Crippen LogP contribution in [-0.4, -0.2) is 53.7 Å². The Morgan fingerprint density at radius 1 is 1.13 bits per heavy atom. The van der Waals surface area contributed by atoms with E-state index >= 15 is 0 Å². The van der Waals surface area contributed by atoms with Gasteiger partial charge in [0.15, 0.2) is 0 Å². The van der Waals surface area contributed by atoms with E-state index in [2.05, 4.69) is 5.32 Å². The van der Waals surface area contributed by atoms with Crippen LogP contribution in [0.25, 0.3) is 6.08 Å². The Labute approximate surface area is 187 Å². The van der Waals surface area contributed by atoms with E-state index in [1.807, 2.05) is 48.2 Å². The summed E-state index contributed by atoms with van der Waals surface area (Å²) in [6, 6.07) is 9.91. The molecule has 2 aliphatic heterocycles. The van der Waals surface area contributed by atoms with E-state index in [1.165, 1.54) is 0 Å². The molecule has 31 heavy (non-hydrogen) atoms. The fourth-order valence-electron chi connectivity index (χ4n) is 4.77. The molecule has 7 heteroatoms. The maximum absolute atomic E-state index is 13.1. The van der Waals surface area contributed by atoms with Gasteiger partial charge in [-0.3, -0.25) is 14.4 Å².